The largest absolute Gasteiger partial charge is 0.354 e. The number of hydrogen-bond acceptors (Lipinski definition) is 7. The number of nitro benzene ring substituents is 1. The van der Waals surface area contributed by atoms with Gasteiger partial charge in [0.25, 0.3) is 17.5 Å². The maximum Gasteiger partial charge on any atom is 0.326 e. The number of likely N-dealkylation sites (tertiary alicyclic amines) is 1. The normalized spacial score (nSPS) is 18.1. The lowest BCUT2D eigenvalue weighted by Crippen LogP contribution is -2.23. The van der Waals surface area contributed by atoms with Crippen LogP contribution in [-0.2, 0) is 20.9 Å². The van der Waals surface area contributed by atoms with Crippen molar-refractivity contribution in [1.29, 1.82) is 0 Å². The fourth-order valence-corrected chi connectivity index (χ4v) is 5.12. The van der Waals surface area contributed by atoms with Gasteiger partial charge in [-0.25, -0.2) is 4.79 Å². The third-order valence-electron chi connectivity index (χ3n) is 7.21. The van der Waals surface area contributed by atoms with Gasteiger partial charge in [-0.15, -0.1) is 0 Å². The number of nitrogens with one attached hydrogen (secondary N) is 4. The Balaban J connectivity index is 1.37. The number of carbonyl (C=O) groups excluding carboxylic acids is 4. The quantitative estimate of drug-likeness (QED) is 0.147. The predicted molar refractivity (Wildman–Crippen MR) is 154 cm³/mol. The lowest BCUT2D eigenvalue weighted by molar-refractivity contribution is -0.384. The molecule has 12 heteroatoms. The summed E-state index contributed by atoms with van der Waals surface area (Å²) < 4.78 is 0. The van der Waals surface area contributed by atoms with E-state index < -0.39 is 22.8 Å². The van der Waals surface area contributed by atoms with Crippen LogP contribution in [-0.4, -0.2) is 40.1 Å². The average Bonchev–Trinajstić information content (AvgIpc) is 3.63. The number of urea groups is 1. The van der Waals surface area contributed by atoms with E-state index in [1.165, 1.54) is 24.3 Å². The van der Waals surface area contributed by atoms with Gasteiger partial charge in [0.1, 0.15) is 5.70 Å². The molecule has 5 amide bonds. The zero-order valence-electron chi connectivity index (χ0n) is 22.1. The van der Waals surface area contributed by atoms with Crippen LogP contribution in [0.4, 0.5) is 21.9 Å². The molecule has 12 nitrogen and oxygen atoms in total. The first-order valence-electron chi connectivity index (χ1n) is 13.2. The van der Waals surface area contributed by atoms with Crippen LogP contribution in [0.5, 0.6) is 0 Å². The molecule has 2 saturated heterocycles. The van der Waals surface area contributed by atoms with Crippen molar-refractivity contribution in [3.8, 4) is 0 Å². The molecular formula is C30H24N6O6. The summed E-state index contributed by atoms with van der Waals surface area (Å²) >= 11 is 0. The molecule has 0 atom stereocenters. The van der Waals surface area contributed by atoms with Gasteiger partial charge in [-0.05, 0) is 47.4 Å². The molecule has 6 rings (SSSR count). The SMILES string of the molecule is O=C1NC(=O)C(=Cc2ccc(NC(=C3C(=O)Nc4ccc([N+](=O)[O-])cc43)c3ccc(CN4CCCC4=O)cc3)cc2)N1. The van der Waals surface area contributed by atoms with Crippen molar-refractivity contribution in [3.05, 3.63) is 105 Å². The first kappa shape index (κ1) is 26.4. The zero-order valence-corrected chi connectivity index (χ0v) is 22.1. The summed E-state index contributed by atoms with van der Waals surface area (Å²) in [6.45, 7) is 1.21. The number of benzene rings is 3. The minimum absolute atomic E-state index is 0.124. The average molecular weight is 565 g/mol. The summed E-state index contributed by atoms with van der Waals surface area (Å²) in [6, 6.07) is 18.0. The number of hydrogen-bond donors (Lipinski definition) is 4. The van der Waals surface area contributed by atoms with Crippen LogP contribution >= 0.6 is 0 Å². The van der Waals surface area contributed by atoms with Crippen molar-refractivity contribution < 1.29 is 24.1 Å². The minimum Gasteiger partial charge on any atom is -0.354 e. The van der Waals surface area contributed by atoms with Gasteiger partial charge in [-0.3, -0.25) is 29.8 Å². The standard InChI is InChI=1S/C30H24N6O6/c37-25-2-1-13-35(25)16-18-3-7-19(8-4-18)27(26-22-15-21(36(41)42)11-12-23(22)32-29(26)39)31-20-9-5-17(6-10-20)14-24-28(38)34-30(40)33-24/h3-12,14-15,31H,1-2,13,16H2,(H,32,39)(H2,33,34,38,40). The van der Waals surface area contributed by atoms with Crippen molar-refractivity contribution in [2.75, 3.05) is 17.2 Å². The molecule has 3 aliphatic rings. The highest BCUT2D eigenvalue weighted by Crippen LogP contribution is 2.39. The molecule has 0 bridgehead atoms. The Morgan fingerprint density at radius 2 is 1.69 bits per heavy atom. The molecular weight excluding hydrogens is 540 g/mol. The molecule has 0 unspecified atom stereocenters. The molecule has 0 spiro atoms. The van der Waals surface area contributed by atoms with Crippen molar-refractivity contribution in [1.82, 2.24) is 15.5 Å². The molecule has 0 aromatic heterocycles. The van der Waals surface area contributed by atoms with Crippen molar-refractivity contribution in [2.45, 2.75) is 19.4 Å². The summed E-state index contributed by atoms with van der Waals surface area (Å²) in [7, 11) is 0. The maximum absolute atomic E-state index is 13.3. The second-order valence-electron chi connectivity index (χ2n) is 10.0. The third kappa shape index (κ3) is 5.20. The van der Waals surface area contributed by atoms with E-state index in [2.05, 4.69) is 21.3 Å². The molecule has 4 N–H and O–H groups in total. The molecule has 2 fully saturated rings. The Morgan fingerprint density at radius 3 is 2.33 bits per heavy atom. The second kappa shape index (κ2) is 10.7. The van der Waals surface area contributed by atoms with E-state index in [9.17, 15) is 29.3 Å². The van der Waals surface area contributed by atoms with Crippen molar-refractivity contribution >= 4 is 58.2 Å². The summed E-state index contributed by atoms with van der Waals surface area (Å²) in [4.78, 5) is 61.4. The Morgan fingerprint density at radius 1 is 0.929 bits per heavy atom. The number of nitrogens with zero attached hydrogens (tertiary/aromatic N) is 2. The van der Waals surface area contributed by atoms with Crippen LogP contribution in [0.15, 0.2) is 72.4 Å². The van der Waals surface area contributed by atoms with Gasteiger partial charge in [-0.2, -0.15) is 0 Å². The highest BCUT2D eigenvalue weighted by molar-refractivity contribution is 6.37. The van der Waals surface area contributed by atoms with Crippen LogP contribution in [0.25, 0.3) is 17.3 Å². The number of non-ortho nitro benzene ring substituents is 1. The Labute approximate surface area is 239 Å². The van der Waals surface area contributed by atoms with Crippen LogP contribution in [0.1, 0.15) is 35.1 Å². The second-order valence-corrected chi connectivity index (χ2v) is 10.0. The van der Waals surface area contributed by atoms with Crippen molar-refractivity contribution in [3.63, 3.8) is 0 Å². The molecule has 3 aliphatic heterocycles. The maximum atomic E-state index is 13.3. The topological polar surface area (TPSA) is 163 Å². The number of anilines is 2. The Bertz CT molecular complexity index is 1730. The monoisotopic (exact) mass is 564 g/mol. The van der Waals surface area contributed by atoms with Gasteiger partial charge in [0.05, 0.1) is 16.2 Å². The van der Waals surface area contributed by atoms with Crippen LogP contribution in [0, 0.1) is 10.1 Å². The van der Waals surface area contributed by atoms with E-state index in [0.29, 0.717) is 46.7 Å². The molecule has 0 radical (unpaired) electrons. The summed E-state index contributed by atoms with van der Waals surface area (Å²) in [6.07, 6.45) is 2.93. The van der Waals surface area contributed by atoms with Gasteiger partial charge < -0.3 is 20.9 Å². The van der Waals surface area contributed by atoms with Crippen molar-refractivity contribution in [2.24, 2.45) is 0 Å². The van der Waals surface area contributed by atoms with Crippen LogP contribution in [0.3, 0.4) is 0 Å². The van der Waals surface area contributed by atoms with E-state index >= 15 is 0 Å². The highest BCUT2D eigenvalue weighted by atomic mass is 16.6. The number of amides is 5. The van der Waals surface area contributed by atoms with Gasteiger partial charge >= 0.3 is 6.03 Å². The Kier molecular flexibility index (Phi) is 6.71. The number of nitro groups is 1. The van der Waals surface area contributed by atoms with Crippen LogP contribution < -0.4 is 21.3 Å². The van der Waals surface area contributed by atoms with Gasteiger partial charge in [-0.1, -0.05) is 36.4 Å². The molecule has 0 aliphatic carbocycles. The predicted octanol–water partition coefficient (Wildman–Crippen LogP) is 3.83. The summed E-state index contributed by atoms with van der Waals surface area (Å²) in [5.74, 6) is -0.810. The van der Waals surface area contributed by atoms with E-state index in [0.717, 1.165) is 18.5 Å². The summed E-state index contributed by atoms with van der Waals surface area (Å²) in [5, 5.41) is 22.2. The van der Waals surface area contributed by atoms with Gasteiger partial charge in [0, 0.05) is 48.6 Å². The number of carbonyl (C=O) groups is 4. The molecule has 3 heterocycles. The number of imide groups is 1. The van der Waals surface area contributed by atoms with Crippen LogP contribution in [0.2, 0.25) is 0 Å². The zero-order chi connectivity index (χ0) is 29.4. The van der Waals surface area contributed by atoms with E-state index in [1.807, 2.05) is 29.2 Å². The first-order valence-corrected chi connectivity index (χ1v) is 13.2. The smallest absolute Gasteiger partial charge is 0.326 e. The summed E-state index contributed by atoms with van der Waals surface area (Å²) in [5.41, 5.74) is 4.37. The van der Waals surface area contributed by atoms with E-state index in [1.54, 1.807) is 24.3 Å². The fourth-order valence-electron chi connectivity index (χ4n) is 5.12. The molecule has 3 aromatic rings. The Hall–Kier alpha value is -5.78. The number of rotatable bonds is 7. The minimum atomic E-state index is -0.589. The highest BCUT2D eigenvalue weighted by Gasteiger charge is 2.30. The lowest BCUT2D eigenvalue weighted by Gasteiger charge is -2.17. The first-order chi connectivity index (χ1) is 20.2. The fraction of sp³-hybridized carbons (Fsp3) is 0.133. The van der Waals surface area contributed by atoms with Gasteiger partial charge in [0.2, 0.25) is 5.91 Å². The third-order valence-corrected chi connectivity index (χ3v) is 7.21. The molecule has 3 aromatic carbocycles. The molecule has 42 heavy (non-hydrogen) atoms. The number of fused-ring (bicyclic) bond motifs is 1. The lowest BCUT2D eigenvalue weighted by atomic mass is 9.98. The van der Waals surface area contributed by atoms with E-state index in [4.69, 9.17) is 0 Å². The molecule has 0 saturated carbocycles. The van der Waals surface area contributed by atoms with E-state index in [-0.39, 0.29) is 22.9 Å². The van der Waals surface area contributed by atoms with Gasteiger partial charge in [0.15, 0.2) is 0 Å². The molecule has 210 valence electrons.